The van der Waals surface area contributed by atoms with Crippen molar-refractivity contribution in [3.8, 4) is 0 Å². The smallest absolute Gasteiger partial charge is 0.444 e. The zero-order valence-electron chi connectivity index (χ0n) is 24.2. The Morgan fingerprint density at radius 1 is 1.16 bits per heavy atom. The fourth-order valence-corrected chi connectivity index (χ4v) is 4.87. The summed E-state index contributed by atoms with van der Waals surface area (Å²) in [5.41, 5.74) is -0.634. The topological polar surface area (TPSA) is 106 Å². The fraction of sp³-hybridized carbons (Fsp3) is 0.778. The molecule has 2 saturated heterocycles. The molecule has 0 radical (unpaired) electrons. The van der Waals surface area contributed by atoms with E-state index in [0.29, 0.717) is 31.0 Å². The van der Waals surface area contributed by atoms with Crippen LogP contribution in [0.25, 0.3) is 0 Å². The predicted octanol–water partition coefficient (Wildman–Crippen LogP) is 2.90. The van der Waals surface area contributed by atoms with E-state index >= 15 is 0 Å². The number of likely N-dealkylation sites (tertiary alicyclic amines) is 1. The quantitative estimate of drug-likeness (QED) is 0.538. The average molecular weight is 529 g/mol. The lowest BCUT2D eigenvalue weighted by atomic mass is 9.81. The first kappa shape index (κ1) is 28.6. The Bertz CT molecular complexity index is 992. The molecule has 0 bridgehead atoms. The lowest BCUT2D eigenvalue weighted by Crippen LogP contribution is -2.52. The van der Waals surface area contributed by atoms with E-state index in [9.17, 15) is 9.59 Å². The van der Waals surface area contributed by atoms with Crippen LogP contribution < -0.4 is 15.7 Å². The number of aromatic nitrogens is 2. The highest BCUT2D eigenvalue weighted by atomic mass is 16.7. The summed E-state index contributed by atoms with van der Waals surface area (Å²) in [7, 11) is -0.488. The van der Waals surface area contributed by atoms with E-state index in [4.69, 9.17) is 24.0 Å². The number of alkyl carbamates (subject to hydrolysis) is 1. The summed E-state index contributed by atoms with van der Waals surface area (Å²) < 4.78 is 17.6. The first-order chi connectivity index (χ1) is 17.6. The Hall–Kier alpha value is -2.40. The Morgan fingerprint density at radius 3 is 2.32 bits per heavy atom. The predicted molar refractivity (Wildman–Crippen MR) is 146 cm³/mol. The van der Waals surface area contributed by atoms with Crippen molar-refractivity contribution in [2.24, 2.45) is 5.92 Å². The van der Waals surface area contributed by atoms with Gasteiger partial charge in [0.2, 0.25) is 11.9 Å². The van der Waals surface area contributed by atoms with Gasteiger partial charge in [-0.05, 0) is 87.0 Å². The largest absolute Gasteiger partial charge is 0.498 e. The first-order valence-corrected chi connectivity index (χ1v) is 13.9. The monoisotopic (exact) mass is 529 g/mol. The third-order valence-corrected chi connectivity index (χ3v) is 7.82. The van der Waals surface area contributed by atoms with Crippen LogP contribution in [-0.4, -0.2) is 82.5 Å². The lowest BCUT2D eigenvalue weighted by Gasteiger charge is -2.37. The summed E-state index contributed by atoms with van der Waals surface area (Å²) in [4.78, 5) is 38.8. The van der Waals surface area contributed by atoms with E-state index in [1.165, 1.54) is 0 Å². The minimum absolute atomic E-state index is 0.0819. The molecule has 4 rings (SSSR count). The zero-order chi connectivity index (χ0) is 27.9. The van der Waals surface area contributed by atoms with Gasteiger partial charge in [-0.3, -0.25) is 4.79 Å². The first-order valence-electron chi connectivity index (χ1n) is 13.9. The van der Waals surface area contributed by atoms with Gasteiger partial charge in [0.15, 0.2) is 0 Å². The number of rotatable bonds is 7. The number of nitrogens with zero attached hydrogens (tertiary/aromatic N) is 4. The van der Waals surface area contributed by atoms with Gasteiger partial charge in [0.25, 0.3) is 0 Å². The molecule has 38 heavy (non-hydrogen) atoms. The van der Waals surface area contributed by atoms with E-state index in [2.05, 4.69) is 10.2 Å². The number of amides is 2. The number of ether oxygens (including phenoxy) is 1. The molecule has 1 aromatic rings. The highest BCUT2D eigenvalue weighted by Gasteiger charge is 2.52. The van der Waals surface area contributed by atoms with E-state index < -0.39 is 36.1 Å². The summed E-state index contributed by atoms with van der Waals surface area (Å²) >= 11 is 0. The molecule has 0 aromatic carbocycles. The van der Waals surface area contributed by atoms with Crippen LogP contribution in [0.4, 0.5) is 10.7 Å². The van der Waals surface area contributed by atoms with Gasteiger partial charge >= 0.3 is 13.2 Å². The SMILES string of the molecule is C[C@H](NC(=O)OC(C)(C)C)C(=O)N1CCC[C@@H](CN(c2ncc(B3OC(C)(C)C(C)(C)O3)cn2)C2CC2)C1. The molecule has 11 heteroatoms. The van der Waals surface area contributed by atoms with Gasteiger partial charge in [-0.25, -0.2) is 14.8 Å². The van der Waals surface area contributed by atoms with Crippen molar-refractivity contribution in [2.45, 2.75) is 110 Å². The van der Waals surface area contributed by atoms with Crippen LogP contribution in [0.3, 0.4) is 0 Å². The van der Waals surface area contributed by atoms with Crippen LogP contribution >= 0.6 is 0 Å². The number of nitrogens with one attached hydrogen (secondary N) is 1. The second-order valence-electron chi connectivity index (χ2n) is 12.9. The molecule has 10 nitrogen and oxygen atoms in total. The molecule has 3 fully saturated rings. The van der Waals surface area contributed by atoms with Crippen molar-refractivity contribution >= 4 is 30.5 Å². The third-order valence-electron chi connectivity index (χ3n) is 7.82. The van der Waals surface area contributed by atoms with Crippen molar-refractivity contribution < 1.29 is 23.6 Å². The molecule has 2 amide bonds. The van der Waals surface area contributed by atoms with E-state index in [1.54, 1.807) is 40.1 Å². The molecule has 3 heterocycles. The van der Waals surface area contributed by atoms with Gasteiger partial charge < -0.3 is 29.2 Å². The van der Waals surface area contributed by atoms with E-state index in [-0.39, 0.29) is 5.91 Å². The van der Waals surface area contributed by atoms with Gasteiger partial charge in [-0.15, -0.1) is 0 Å². The Morgan fingerprint density at radius 2 is 1.76 bits per heavy atom. The minimum atomic E-state index is -0.644. The number of hydrogen-bond acceptors (Lipinski definition) is 8. The summed E-state index contributed by atoms with van der Waals surface area (Å²) in [5.74, 6) is 0.922. The Kier molecular flexibility index (Phi) is 8.01. The second-order valence-corrected chi connectivity index (χ2v) is 12.9. The molecule has 0 spiro atoms. The van der Waals surface area contributed by atoms with Gasteiger partial charge in [-0.2, -0.15) is 0 Å². The van der Waals surface area contributed by atoms with Crippen LogP contribution in [0.5, 0.6) is 0 Å². The normalized spacial score (nSPS) is 23.6. The van der Waals surface area contributed by atoms with Crippen molar-refractivity contribution in [2.75, 3.05) is 24.5 Å². The molecule has 3 aliphatic rings. The van der Waals surface area contributed by atoms with Crippen molar-refractivity contribution in [3.05, 3.63) is 12.4 Å². The molecule has 0 unspecified atom stereocenters. The standard InChI is InChI=1S/C27H44BN5O5/c1-18(31-24(35)36-25(2,3)4)22(34)32-13-9-10-19(16-32)17-33(21-11-12-21)23-29-14-20(15-30-23)28-37-26(5,6)27(7,8)38-28/h14-15,18-19,21H,9-13,16-17H2,1-8H3,(H,31,35)/t18-,19+/m0/s1. The van der Waals surface area contributed by atoms with Crippen LogP contribution in [0.1, 0.15) is 81.1 Å². The molecule has 1 saturated carbocycles. The number of anilines is 1. The van der Waals surface area contributed by atoms with Gasteiger partial charge in [0.05, 0.1) is 11.2 Å². The highest BCUT2D eigenvalue weighted by Crippen LogP contribution is 2.36. The summed E-state index contributed by atoms with van der Waals surface area (Å²) in [6.45, 7) is 17.4. The maximum Gasteiger partial charge on any atom is 0.498 e. The second kappa shape index (κ2) is 10.6. The summed E-state index contributed by atoms with van der Waals surface area (Å²) in [6.07, 6.45) is 7.24. The van der Waals surface area contributed by atoms with Crippen LogP contribution in [0.15, 0.2) is 12.4 Å². The summed E-state index contributed by atoms with van der Waals surface area (Å²) in [5, 5.41) is 2.68. The maximum absolute atomic E-state index is 13.1. The van der Waals surface area contributed by atoms with Crippen LogP contribution in [0, 0.1) is 5.92 Å². The van der Waals surface area contributed by atoms with Gasteiger partial charge in [-0.1, -0.05) is 0 Å². The molecular formula is C27H44BN5O5. The van der Waals surface area contributed by atoms with E-state index in [1.807, 2.05) is 32.6 Å². The number of carbonyl (C=O) groups excluding carboxylic acids is 2. The van der Waals surface area contributed by atoms with E-state index in [0.717, 1.165) is 37.7 Å². The minimum Gasteiger partial charge on any atom is -0.444 e. The van der Waals surface area contributed by atoms with Crippen LogP contribution in [-0.2, 0) is 18.8 Å². The number of piperidine rings is 1. The molecule has 210 valence electrons. The molecule has 1 N–H and O–H groups in total. The molecule has 1 aliphatic carbocycles. The van der Waals surface area contributed by atoms with Crippen molar-refractivity contribution in [1.82, 2.24) is 20.2 Å². The molecule has 2 aliphatic heterocycles. The van der Waals surface area contributed by atoms with Gasteiger partial charge in [0.1, 0.15) is 11.6 Å². The number of carbonyl (C=O) groups is 2. The molecular weight excluding hydrogens is 485 g/mol. The average Bonchev–Trinajstić information content (AvgIpc) is 3.62. The lowest BCUT2D eigenvalue weighted by molar-refractivity contribution is -0.134. The molecule has 2 atom stereocenters. The number of hydrogen-bond donors (Lipinski definition) is 1. The Labute approximate surface area is 227 Å². The molecule has 1 aromatic heterocycles. The fourth-order valence-electron chi connectivity index (χ4n) is 4.87. The third kappa shape index (κ3) is 6.78. The van der Waals surface area contributed by atoms with Crippen LogP contribution in [0.2, 0.25) is 0 Å². The highest BCUT2D eigenvalue weighted by molar-refractivity contribution is 6.61. The zero-order valence-corrected chi connectivity index (χ0v) is 24.2. The summed E-state index contributed by atoms with van der Waals surface area (Å²) in [6, 6.07) is -0.217. The van der Waals surface area contributed by atoms with Crippen molar-refractivity contribution in [3.63, 3.8) is 0 Å². The maximum atomic E-state index is 13.1. The Balaban J connectivity index is 1.36. The van der Waals surface area contributed by atoms with Crippen molar-refractivity contribution in [1.29, 1.82) is 0 Å². The van der Waals surface area contributed by atoms with Gasteiger partial charge in [0, 0.05) is 43.5 Å².